The molecule has 0 aromatic heterocycles. The fraction of sp³-hybridized carbons (Fsp3) is 0.579. The average Bonchev–Trinajstić information content (AvgIpc) is 3.35. The number of halogens is 1. The number of nitrogens with zero attached hydrogens (tertiary/aromatic N) is 1. The van der Waals surface area contributed by atoms with Gasteiger partial charge < -0.3 is 24.4 Å². The smallest absolute Gasteiger partial charge is 0.255 e. The van der Waals surface area contributed by atoms with Crippen molar-refractivity contribution in [3.8, 4) is 0 Å². The molecule has 28 heavy (non-hydrogen) atoms. The van der Waals surface area contributed by atoms with E-state index >= 15 is 0 Å². The Bertz CT molecular complexity index is 726. The van der Waals surface area contributed by atoms with Crippen molar-refractivity contribution in [2.24, 2.45) is 0 Å². The van der Waals surface area contributed by atoms with Crippen LogP contribution in [0, 0.1) is 0 Å². The summed E-state index contributed by atoms with van der Waals surface area (Å²) < 4.78 is 17.2. The lowest BCUT2D eigenvalue weighted by Gasteiger charge is -2.31. The molecule has 0 bridgehead atoms. The number of rotatable bonds is 4. The molecule has 1 N–H and O–H groups in total. The molecule has 3 aliphatic rings. The third-order valence-corrected chi connectivity index (χ3v) is 6.47. The van der Waals surface area contributed by atoms with Crippen LogP contribution in [-0.2, 0) is 19.0 Å². The van der Waals surface area contributed by atoms with Crippen molar-refractivity contribution in [3.05, 3.63) is 34.9 Å². The largest absolute Gasteiger partial charge is 0.381 e. The summed E-state index contributed by atoms with van der Waals surface area (Å²) >= 11 is 7.46. The highest BCUT2D eigenvalue weighted by molar-refractivity contribution is 7.99. The van der Waals surface area contributed by atoms with Crippen LogP contribution in [0.3, 0.4) is 0 Å². The first-order valence-electron chi connectivity index (χ1n) is 9.38. The first-order chi connectivity index (χ1) is 13.6. The molecule has 2 unspecified atom stereocenters. The molecule has 3 aliphatic heterocycles. The van der Waals surface area contributed by atoms with E-state index in [1.807, 2.05) is 0 Å². The lowest BCUT2D eigenvalue weighted by atomic mass is 10.1. The Hall–Kier alpha value is -1.32. The molecule has 152 valence electrons. The van der Waals surface area contributed by atoms with Gasteiger partial charge in [-0.1, -0.05) is 11.6 Å². The van der Waals surface area contributed by atoms with Crippen molar-refractivity contribution in [2.75, 3.05) is 38.0 Å². The number of carbonyl (C=O) groups excluding carboxylic acids is 2. The van der Waals surface area contributed by atoms with E-state index in [-0.39, 0.29) is 17.9 Å². The van der Waals surface area contributed by atoms with Crippen molar-refractivity contribution in [2.45, 2.75) is 30.8 Å². The summed E-state index contributed by atoms with van der Waals surface area (Å²) in [6.07, 6.45) is 1.23. The molecule has 0 saturated carbocycles. The van der Waals surface area contributed by atoms with Crippen LogP contribution in [0.2, 0.25) is 5.02 Å². The third-order valence-electron chi connectivity index (χ3n) is 5.21. The van der Waals surface area contributed by atoms with Crippen molar-refractivity contribution in [3.63, 3.8) is 0 Å². The monoisotopic (exact) mass is 426 g/mol. The average molecular weight is 427 g/mol. The molecule has 3 heterocycles. The number of hydrogen-bond acceptors (Lipinski definition) is 6. The minimum atomic E-state index is -0.562. The summed E-state index contributed by atoms with van der Waals surface area (Å²) in [4.78, 5) is 27.1. The molecular formula is C19H23ClN2O5S. The third kappa shape index (κ3) is 4.31. The Morgan fingerprint density at radius 3 is 2.75 bits per heavy atom. The second-order valence-electron chi connectivity index (χ2n) is 7.12. The number of hydrogen-bond donors (Lipinski definition) is 1. The van der Waals surface area contributed by atoms with Gasteiger partial charge in [0, 0.05) is 35.7 Å². The highest BCUT2D eigenvalue weighted by atomic mass is 35.5. The lowest BCUT2D eigenvalue weighted by molar-refractivity contribution is -0.210. The molecule has 3 saturated heterocycles. The van der Waals surface area contributed by atoms with Crippen molar-refractivity contribution in [1.29, 1.82) is 0 Å². The fourth-order valence-corrected chi connectivity index (χ4v) is 4.89. The Morgan fingerprint density at radius 1 is 1.25 bits per heavy atom. The highest BCUT2D eigenvalue weighted by Crippen LogP contribution is 2.33. The standard InChI is InChI=1S/C19H23ClN2O5S/c20-14-3-1-13(2-4-14)18(24)22-12-28-11-16(22)17(23)21-9-15-10-26-19(27-15)5-7-25-8-6-19/h1-4,15-16H,5-12H2,(H,21,23). The van der Waals surface area contributed by atoms with E-state index in [9.17, 15) is 9.59 Å². The maximum Gasteiger partial charge on any atom is 0.255 e. The zero-order valence-electron chi connectivity index (χ0n) is 15.4. The number of thioether (sulfide) groups is 1. The quantitative estimate of drug-likeness (QED) is 0.792. The normalized spacial score (nSPS) is 26.5. The highest BCUT2D eigenvalue weighted by Gasteiger charge is 2.43. The number of ether oxygens (including phenoxy) is 3. The molecule has 9 heteroatoms. The van der Waals surface area contributed by atoms with Crippen LogP contribution in [-0.4, -0.2) is 72.6 Å². The van der Waals surface area contributed by atoms with E-state index in [4.69, 9.17) is 25.8 Å². The van der Waals surface area contributed by atoms with E-state index in [0.29, 0.717) is 61.4 Å². The maximum atomic E-state index is 12.8. The zero-order valence-corrected chi connectivity index (χ0v) is 17.0. The second-order valence-corrected chi connectivity index (χ2v) is 8.55. The van der Waals surface area contributed by atoms with Gasteiger partial charge in [-0.05, 0) is 24.3 Å². The van der Waals surface area contributed by atoms with Crippen molar-refractivity contribution in [1.82, 2.24) is 10.2 Å². The van der Waals surface area contributed by atoms with Gasteiger partial charge in [0.05, 0.1) is 25.7 Å². The minimum absolute atomic E-state index is 0.163. The van der Waals surface area contributed by atoms with E-state index < -0.39 is 11.8 Å². The van der Waals surface area contributed by atoms with Crippen molar-refractivity contribution < 1.29 is 23.8 Å². The molecule has 7 nitrogen and oxygen atoms in total. The predicted octanol–water partition coefficient (Wildman–Crippen LogP) is 1.89. The second kappa shape index (κ2) is 8.59. The topological polar surface area (TPSA) is 77.1 Å². The van der Waals surface area contributed by atoms with Crippen LogP contribution in [0.4, 0.5) is 0 Å². The van der Waals surface area contributed by atoms with Crippen LogP contribution < -0.4 is 5.32 Å². The first-order valence-corrected chi connectivity index (χ1v) is 10.9. The molecule has 3 fully saturated rings. The molecule has 1 aromatic rings. The van der Waals surface area contributed by atoms with Gasteiger partial charge >= 0.3 is 0 Å². The van der Waals surface area contributed by atoms with E-state index in [1.165, 1.54) is 0 Å². The maximum absolute atomic E-state index is 12.8. The lowest BCUT2D eigenvalue weighted by Crippen LogP contribution is -2.49. The van der Waals surface area contributed by atoms with Crippen molar-refractivity contribution >= 4 is 35.2 Å². The van der Waals surface area contributed by atoms with Gasteiger partial charge in [0.1, 0.15) is 12.1 Å². The molecule has 1 spiro atoms. The Morgan fingerprint density at radius 2 is 2.00 bits per heavy atom. The van der Waals surface area contributed by atoms with Gasteiger partial charge in [0.15, 0.2) is 5.79 Å². The SMILES string of the molecule is O=C(NCC1COC2(CCOCC2)O1)C1CSCN1C(=O)c1ccc(Cl)cc1. The Balaban J connectivity index is 1.31. The van der Waals surface area contributed by atoms with Crippen LogP contribution in [0.1, 0.15) is 23.2 Å². The zero-order chi connectivity index (χ0) is 19.6. The summed E-state index contributed by atoms with van der Waals surface area (Å²) in [6, 6.07) is 6.22. The van der Waals surface area contributed by atoms with E-state index in [1.54, 1.807) is 40.9 Å². The number of amides is 2. The summed E-state index contributed by atoms with van der Waals surface area (Å²) in [6.45, 7) is 2.07. The van der Waals surface area contributed by atoms with Crippen LogP contribution in [0.25, 0.3) is 0 Å². The minimum Gasteiger partial charge on any atom is -0.381 e. The van der Waals surface area contributed by atoms with E-state index in [2.05, 4.69) is 5.32 Å². The summed E-state index contributed by atoms with van der Waals surface area (Å²) in [5, 5.41) is 3.50. The van der Waals surface area contributed by atoms with Gasteiger partial charge in [-0.3, -0.25) is 9.59 Å². The number of benzene rings is 1. The predicted molar refractivity (Wildman–Crippen MR) is 105 cm³/mol. The molecular weight excluding hydrogens is 404 g/mol. The summed E-state index contributed by atoms with van der Waals surface area (Å²) in [5.74, 6) is 0.181. The molecule has 1 aromatic carbocycles. The Kier molecular flexibility index (Phi) is 6.13. The summed E-state index contributed by atoms with van der Waals surface area (Å²) in [7, 11) is 0. The first kappa shape index (κ1) is 20.0. The van der Waals surface area contributed by atoms with Gasteiger partial charge in [-0.25, -0.2) is 0 Å². The molecule has 2 amide bonds. The molecule has 0 radical (unpaired) electrons. The fourth-order valence-electron chi connectivity index (χ4n) is 3.61. The molecule has 0 aliphatic carbocycles. The summed E-state index contributed by atoms with van der Waals surface area (Å²) in [5.41, 5.74) is 0.527. The van der Waals surface area contributed by atoms with Gasteiger partial charge in [-0.2, -0.15) is 0 Å². The van der Waals surface area contributed by atoms with Crippen LogP contribution >= 0.6 is 23.4 Å². The molecule has 2 atom stereocenters. The van der Waals surface area contributed by atoms with Crippen LogP contribution in [0.15, 0.2) is 24.3 Å². The number of nitrogens with one attached hydrogen (secondary N) is 1. The van der Waals surface area contributed by atoms with E-state index in [0.717, 1.165) is 0 Å². The van der Waals surface area contributed by atoms with Gasteiger partial charge in [0.2, 0.25) is 5.91 Å². The van der Waals surface area contributed by atoms with Crippen LogP contribution in [0.5, 0.6) is 0 Å². The Labute approximate surface area is 173 Å². The van der Waals surface area contributed by atoms with Gasteiger partial charge in [-0.15, -0.1) is 11.8 Å². The number of carbonyl (C=O) groups is 2. The van der Waals surface area contributed by atoms with Gasteiger partial charge in [0.25, 0.3) is 5.91 Å². The molecule has 4 rings (SSSR count).